The van der Waals surface area contributed by atoms with Gasteiger partial charge in [0.2, 0.25) is 0 Å². The Bertz CT molecular complexity index is 549. The highest BCUT2D eigenvalue weighted by Gasteiger charge is 2.46. The van der Waals surface area contributed by atoms with Gasteiger partial charge in [-0.25, -0.2) is 14.4 Å². The Morgan fingerprint density at radius 2 is 1.52 bits per heavy atom. The molecule has 1 amide bonds. The second-order valence-corrected chi connectivity index (χ2v) is 5.10. The first-order chi connectivity index (χ1) is 11.1. The molecule has 23 heavy (non-hydrogen) atoms. The number of hydrogen-bond acceptors (Lipinski definition) is 6. The number of rotatable bonds is 4. The molecule has 0 N–H and O–H groups in total. The van der Waals surface area contributed by atoms with Crippen molar-refractivity contribution in [3.63, 3.8) is 0 Å². The zero-order valence-electron chi connectivity index (χ0n) is 13.1. The lowest BCUT2D eigenvalue weighted by Gasteiger charge is -2.26. The first-order valence-corrected chi connectivity index (χ1v) is 7.23. The highest BCUT2D eigenvalue weighted by Crippen LogP contribution is 2.27. The fraction of sp³-hybridized carbons (Fsp3) is 0.438. The molecule has 7 nitrogen and oxygen atoms in total. The third-order valence-electron chi connectivity index (χ3n) is 3.75. The lowest BCUT2D eigenvalue weighted by Crippen LogP contribution is -2.48. The van der Waals surface area contributed by atoms with Gasteiger partial charge in [0.15, 0.2) is 0 Å². The van der Waals surface area contributed by atoms with Gasteiger partial charge in [0.25, 0.3) is 0 Å². The number of ether oxygens (including phenoxy) is 3. The Balaban J connectivity index is 2.10. The number of esters is 2. The molecular formula is C16H19NO6. The summed E-state index contributed by atoms with van der Waals surface area (Å²) in [5.74, 6) is -1.15. The highest BCUT2D eigenvalue weighted by molar-refractivity contribution is 5.88. The van der Waals surface area contributed by atoms with Crippen LogP contribution in [0.5, 0.6) is 0 Å². The van der Waals surface area contributed by atoms with E-state index in [0.29, 0.717) is 12.8 Å². The van der Waals surface area contributed by atoms with Crippen LogP contribution in [0.15, 0.2) is 30.3 Å². The van der Waals surface area contributed by atoms with Gasteiger partial charge in [-0.05, 0) is 18.4 Å². The fourth-order valence-corrected chi connectivity index (χ4v) is 2.59. The van der Waals surface area contributed by atoms with Crippen molar-refractivity contribution in [1.82, 2.24) is 4.90 Å². The second kappa shape index (κ2) is 7.62. The number of amides is 1. The average Bonchev–Trinajstić information content (AvgIpc) is 3.04. The summed E-state index contributed by atoms with van der Waals surface area (Å²) in [5.41, 5.74) is 0.810. The van der Waals surface area contributed by atoms with Gasteiger partial charge in [-0.3, -0.25) is 4.90 Å². The molecule has 7 heteroatoms. The molecule has 2 rings (SSSR count). The van der Waals surface area contributed by atoms with Crippen molar-refractivity contribution < 1.29 is 28.6 Å². The van der Waals surface area contributed by atoms with Crippen LogP contribution in [-0.4, -0.2) is 49.2 Å². The van der Waals surface area contributed by atoms with Crippen molar-refractivity contribution in [3.8, 4) is 0 Å². The van der Waals surface area contributed by atoms with E-state index in [0.717, 1.165) is 10.5 Å². The third-order valence-corrected chi connectivity index (χ3v) is 3.75. The number of benzene rings is 1. The van der Waals surface area contributed by atoms with Crippen molar-refractivity contribution in [1.29, 1.82) is 0 Å². The van der Waals surface area contributed by atoms with Gasteiger partial charge in [-0.1, -0.05) is 30.3 Å². The normalized spacial score (nSPS) is 20.0. The Kier molecular flexibility index (Phi) is 5.56. The molecule has 1 aliphatic heterocycles. The quantitative estimate of drug-likeness (QED) is 0.617. The number of carbonyl (C=O) groups is 3. The Hall–Kier alpha value is -2.57. The van der Waals surface area contributed by atoms with Crippen LogP contribution in [0, 0.1) is 0 Å². The van der Waals surface area contributed by atoms with Crippen LogP contribution in [0.25, 0.3) is 0 Å². The minimum Gasteiger partial charge on any atom is -0.467 e. The first-order valence-electron chi connectivity index (χ1n) is 7.23. The standard InChI is InChI=1S/C16H19NO6/c1-21-14(18)12-8-9-13(15(19)22-2)17(12)16(20)23-10-11-6-4-3-5-7-11/h3-7,12-13H,8-10H2,1-2H3. The van der Waals surface area contributed by atoms with Gasteiger partial charge in [0.05, 0.1) is 14.2 Å². The largest absolute Gasteiger partial charge is 0.467 e. The topological polar surface area (TPSA) is 82.1 Å². The van der Waals surface area contributed by atoms with Crippen LogP contribution >= 0.6 is 0 Å². The predicted octanol–water partition coefficient (Wildman–Crippen LogP) is 1.50. The van der Waals surface area contributed by atoms with Crippen LogP contribution < -0.4 is 0 Å². The van der Waals surface area contributed by atoms with Crippen LogP contribution in [0.1, 0.15) is 18.4 Å². The molecule has 0 bridgehead atoms. The maximum atomic E-state index is 12.4. The van der Waals surface area contributed by atoms with Crippen molar-refractivity contribution in [2.75, 3.05) is 14.2 Å². The van der Waals surface area contributed by atoms with Gasteiger partial charge < -0.3 is 14.2 Å². The summed E-state index contributed by atoms with van der Waals surface area (Å²) >= 11 is 0. The average molecular weight is 321 g/mol. The van der Waals surface area contributed by atoms with Crippen LogP contribution in [0.4, 0.5) is 4.79 Å². The lowest BCUT2D eigenvalue weighted by molar-refractivity contribution is -0.149. The van der Waals surface area contributed by atoms with Gasteiger partial charge >= 0.3 is 18.0 Å². The van der Waals surface area contributed by atoms with E-state index in [-0.39, 0.29) is 6.61 Å². The van der Waals surface area contributed by atoms with E-state index >= 15 is 0 Å². The molecule has 1 aromatic carbocycles. The summed E-state index contributed by atoms with van der Waals surface area (Å²) in [6.07, 6.45) is -0.0862. The maximum Gasteiger partial charge on any atom is 0.411 e. The van der Waals surface area contributed by atoms with Gasteiger partial charge in [0.1, 0.15) is 18.7 Å². The van der Waals surface area contributed by atoms with E-state index in [1.54, 1.807) is 0 Å². The summed E-state index contributed by atoms with van der Waals surface area (Å²) in [6.45, 7) is 0.0535. The van der Waals surface area contributed by atoms with E-state index in [1.807, 2.05) is 30.3 Å². The SMILES string of the molecule is COC(=O)C1CCC(C(=O)OC)N1C(=O)OCc1ccccc1. The summed E-state index contributed by atoms with van der Waals surface area (Å²) in [5, 5.41) is 0. The molecule has 1 saturated heterocycles. The zero-order chi connectivity index (χ0) is 16.8. The molecule has 1 aliphatic rings. The monoisotopic (exact) mass is 321 g/mol. The molecule has 0 aliphatic carbocycles. The van der Waals surface area contributed by atoms with E-state index < -0.39 is 30.1 Å². The number of methoxy groups -OCH3 is 2. The minimum atomic E-state index is -0.840. The Morgan fingerprint density at radius 1 is 1.00 bits per heavy atom. The smallest absolute Gasteiger partial charge is 0.411 e. The van der Waals surface area contributed by atoms with Crippen molar-refractivity contribution in [2.45, 2.75) is 31.5 Å². The molecule has 0 saturated carbocycles. The molecule has 2 unspecified atom stereocenters. The van der Waals surface area contributed by atoms with E-state index in [9.17, 15) is 14.4 Å². The van der Waals surface area contributed by atoms with Crippen LogP contribution in [-0.2, 0) is 30.4 Å². The summed E-state index contributed by atoms with van der Waals surface area (Å²) in [4.78, 5) is 37.2. The van der Waals surface area contributed by atoms with Gasteiger partial charge in [0, 0.05) is 0 Å². The molecule has 1 aromatic rings. The summed E-state index contributed by atoms with van der Waals surface area (Å²) in [7, 11) is 2.47. The molecule has 124 valence electrons. The lowest BCUT2D eigenvalue weighted by atomic mass is 10.2. The zero-order valence-corrected chi connectivity index (χ0v) is 13.1. The number of likely N-dealkylation sites (tertiary alicyclic amines) is 1. The number of carbonyl (C=O) groups excluding carboxylic acids is 3. The molecule has 2 atom stereocenters. The summed E-state index contributed by atoms with van der Waals surface area (Å²) < 4.78 is 14.6. The highest BCUT2D eigenvalue weighted by atomic mass is 16.6. The van der Waals surface area contributed by atoms with Gasteiger partial charge in [-0.2, -0.15) is 0 Å². The molecule has 1 fully saturated rings. The molecular weight excluding hydrogens is 302 g/mol. The molecule has 0 spiro atoms. The molecule has 1 heterocycles. The molecule has 0 aromatic heterocycles. The predicted molar refractivity (Wildman–Crippen MR) is 79.3 cm³/mol. The second-order valence-electron chi connectivity index (χ2n) is 5.10. The van der Waals surface area contributed by atoms with Crippen molar-refractivity contribution >= 4 is 18.0 Å². The third kappa shape index (κ3) is 3.80. The number of hydrogen-bond donors (Lipinski definition) is 0. The minimum absolute atomic E-state index is 0.0535. The summed E-state index contributed by atoms with van der Waals surface area (Å²) in [6, 6.07) is 7.45. The van der Waals surface area contributed by atoms with Crippen LogP contribution in [0.3, 0.4) is 0 Å². The Morgan fingerprint density at radius 3 is 2.00 bits per heavy atom. The van der Waals surface area contributed by atoms with Gasteiger partial charge in [-0.15, -0.1) is 0 Å². The van der Waals surface area contributed by atoms with Crippen molar-refractivity contribution in [3.05, 3.63) is 35.9 Å². The first kappa shape index (κ1) is 16.8. The Labute approximate surface area is 134 Å². The number of nitrogens with zero attached hydrogens (tertiary/aromatic N) is 1. The van der Waals surface area contributed by atoms with E-state index in [1.165, 1.54) is 14.2 Å². The van der Waals surface area contributed by atoms with Crippen molar-refractivity contribution in [2.24, 2.45) is 0 Å². The van der Waals surface area contributed by atoms with E-state index in [2.05, 4.69) is 0 Å². The fourth-order valence-electron chi connectivity index (χ4n) is 2.59. The maximum absolute atomic E-state index is 12.4. The van der Waals surface area contributed by atoms with Crippen LogP contribution in [0.2, 0.25) is 0 Å². The molecule has 0 radical (unpaired) electrons. The van der Waals surface area contributed by atoms with E-state index in [4.69, 9.17) is 14.2 Å².